The molecule has 2 amide bonds. The molecule has 1 unspecified atom stereocenters. The first-order chi connectivity index (χ1) is 17.9. The summed E-state index contributed by atoms with van der Waals surface area (Å²) in [5.74, 6) is 1.57. The van der Waals surface area contributed by atoms with Crippen LogP contribution in [0.15, 0.2) is 77.0 Å². The van der Waals surface area contributed by atoms with Crippen LogP contribution >= 0.6 is 0 Å². The van der Waals surface area contributed by atoms with Gasteiger partial charge in [0.15, 0.2) is 11.5 Å². The Morgan fingerprint density at radius 3 is 2.54 bits per heavy atom. The molecule has 1 atom stereocenters. The number of hydrogen-bond donors (Lipinski definition) is 2. The lowest BCUT2D eigenvalue weighted by atomic mass is 9.94. The molecule has 9 nitrogen and oxygen atoms in total. The number of ether oxygens (including phenoxy) is 2. The number of anilines is 1. The maximum Gasteiger partial charge on any atom is 0.327 e. The first-order valence-corrected chi connectivity index (χ1v) is 11.6. The number of urea groups is 1. The minimum atomic E-state index is -0.669. The van der Waals surface area contributed by atoms with E-state index in [1.54, 1.807) is 37.4 Å². The number of benzene rings is 3. The normalized spacial score (nSPS) is 15.5. The molecule has 2 heterocycles. The molecule has 1 aliphatic rings. The molecule has 0 saturated heterocycles. The van der Waals surface area contributed by atoms with Crippen LogP contribution in [0.4, 0.5) is 10.5 Å². The fraction of sp³-hybridized carbons (Fsp3) is 0.179. The number of rotatable bonds is 6. The van der Waals surface area contributed by atoms with E-state index in [9.17, 15) is 9.90 Å². The molecule has 3 aromatic carbocycles. The average molecular weight is 499 g/mol. The van der Waals surface area contributed by atoms with E-state index in [-0.39, 0.29) is 17.7 Å². The van der Waals surface area contributed by atoms with Gasteiger partial charge in [-0.05, 0) is 49.7 Å². The predicted molar refractivity (Wildman–Crippen MR) is 138 cm³/mol. The van der Waals surface area contributed by atoms with Crippen molar-refractivity contribution in [1.82, 2.24) is 15.5 Å². The van der Waals surface area contributed by atoms with Gasteiger partial charge in [0.05, 0.1) is 31.5 Å². The molecule has 0 saturated carbocycles. The van der Waals surface area contributed by atoms with E-state index in [2.05, 4.69) is 15.5 Å². The predicted octanol–water partition coefficient (Wildman–Crippen LogP) is 5.47. The van der Waals surface area contributed by atoms with E-state index in [0.29, 0.717) is 39.8 Å². The Labute approximate surface area is 214 Å². The number of carbonyl (C=O) groups excluding carboxylic acids is 1. The molecule has 5 rings (SSSR count). The molecule has 0 aliphatic carbocycles. The molecule has 1 aromatic heterocycles. The van der Waals surface area contributed by atoms with Crippen LogP contribution in [0, 0.1) is 6.92 Å². The number of phenols is 1. The second-order valence-electron chi connectivity index (χ2n) is 8.64. The minimum absolute atomic E-state index is 0.0487. The average Bonchev–Trinajstić information content (AvgIpc) is 3.38. The standard InChI is InChI=1S/C28H26N4O5/c1-16-7-5-8-19(13-16)26-30-27(37-31-26)24-17(2)32(20-9-6-10-21(15-20)35-3)28(34)29-25(24)18-11-12-23(36-4)22(33)14-18/h5-15,25,33H,1-4H3,(H,29,34). The molecule has 0 radical (unpaired) electrons. The van der Waals surface area contributed by atoms with Crippen molar-refractivity contribution in [2.75, 3.05) is 19.1 Å². The highest BCUT2D eigenvalue weighted by Crippen LogP contribution is 2.41. The van der Waals surface area contributed by atoms with Crippen LogP contribution in [0.5, 0.6) is 17.2 Å². The van der Waals surface area contributed by atoms with Gasteiger partial charge >= 0.3 is 6.03 Å². The Bertz CT molecular complexity index is 1510. The Hall–Kier alpha value is -4.79. The van der Waals surface area contributed by atoms with Crippen molar-refractivity contribution >= 4 is 17.3 Å². The number of carbonyl (C=O) groups is 1. The summed E-state index contributed by atoms with van der Waals surface area (Å²) in [6, 6.07) is 18.9. The summed E-state index contributed by atoms with van der Waals surface area (Å²) in [5, 5.41) is 17.7. The zero-order chi connectivity index (χ0) is 26.1. The van der Waals surface area contributed by atoms with Gasteiger partial charge in [-0.25, -0.2) is 4.79 Å². The quantitative estimate of drug-likeness (QED) is 0.363. The molecule has 1 aliphatic heterocycles. The fourth-order valence-electron chi connectivity index (χ4n) is 4.45. The lowest BCUT2D eigenvalue weighted by Gasteiger charge is -2.35. The third kappa shape index (κ3) is 4.47. The van der Waals surface area contributed by atoms with E-state index in [1.807, 2.05) is 50.2 Å². The molecular weight excluding hydrogens is 472 g/mol. The van der Waals surface area contributed by atoms with Gasteiger partial charge in [-0.3, -0.25) is 4.90 Å². The number of hydrogen-bond acceptors (Lipinski definition) is 7. The third-order valence-electron chi connectivity index (χ3n) is 6.27. The van der Waals surface area contributed by atoms with Crippen molar-refractivity contribution in [2.24, 2.45) is 0 Å². The van der Waals surface area contributed by atoms with Crippen LogP contribution in [-0.2, 0) is 0 Å². The van der Waals surface area contributed by atoms with Gasteiger partial charge in [0.2, 0.25) is 5.82 Å². The van der Waals surface area contributed by atoms with E-state index in [1.165, 1.54) is 12.0 Å². The van der Waals surface area contributed by atoms with Crippen LogP contribution < -0.4 is 19.7 Å². The Kier molecular flexibility index (Phi) is 6.27. The monoisotopic (exact) mass is 498 g/mol. The first kappa shape index (κ1) is 23.9. The number of aryl methyl sites for hydroxylation is 1. The van der Waals surface area contributed by atoms with Gasteiger partial charge < -0.3 is 24.4 Å². The van der Waals surface area contributed by atoms with E-state index < -0.39 is 6.04 Å². The van der Waals surface area contributed by atoms with Gasteiger partial charge in [0.25, 0.3) is 5.89 Å². The Morgan fingerprint density at radius 1 is 1.00 bits per heavy atom. The first-order valence-electron chi connectivity index (χ1n) is 11.6. The molecule has 0 spiro atoms. The molecule has 4 aromatic rings. The van der Waals surface area contributed by atoms with Gasteiger partial charge in [-0.1, -0.05) is 41.1 Å². The van der Waals surface area contributed by atoms with Crippen molar-refractivity contribution in [3.63, 3.8) is 0 Å². The molecule has 9 heteroatoms. The maximum atomic E-state index is 13.4. The molecule has 188 valence electrons. The largest absolute Gasteiger partial charge is 0.504 e. The van der Waals surface area contributed by atoms with Crippen LogP contribution in [0.2, 0.25) is 0 Å². The summed E-state index contributed by atoms with van der Waals surface area (Å²) in [6.45, 7) is 3.81. The second kappa shape index (κ2) is 9.69. The van der Waals surface area contributed by atoms with Gasteiger partial charge in [0, 0.05) is 17.3 Å². The van der Waals surface area contributed by atoms with Crippen molar-refractivity contribution in [3.05, 3.63) is 89.4 Å². The number of nitrogens with one attached hydrogen (secondary N) is 1. The third-order valence-corrected chi connectivity index (χ3v) is 6.27. The van der Waals surface area contributed by atoms with Gasteiger partial charge in [-0.15, -0.1) is 0 Å². The number of nitrogens with zero attached hydrogens (tertiary/aromatic N) is 3. The zero-order valence-electron chi connectivity index (χ0n) is 20.9. The SMILES string of the molecule is COc1cccc(N2C(=O)NC(c3ccc(OC)c(O)c3)C(c3nc(-c4cccc(C)c4)no3)=C2C)c1. The van der Waals surface area contributed by atoms with Crippen LogP contribution in [0.25, 0.3) is 17.0 Å². The molecule has 2 N–H and O–H groups in total. The smallest absolute Gasteiger partial charge is 0.327 e. The summed E-state index contributed by atoms with van der Waals surface area (Å²) in [6.07, 6.45) is 0. The number of aromatic nitrogens is 2. The van der Waals surface area contributed by atoms with Gasteiger partial charge in [0.1, 0.15) is 5.75 Å². The maximum absolute atomic E-state index is 13.4. The van der Waals surface area contributed by atoms with E-state index in [4.69, 9.17) is 14.0 Å². The second-order valence-corrected chi connectivity index (χ2v) is 8.64. The number of methoxy groups -OCH3 is 2. The summed E-state index contributed by atoms with van der Waals surface area (Å²) in [5.41, 5.74) is 4.31. The summed E-state index contributed by atoms with van der Waals surface area (Å²) < 4.78 is 16.3. The lowest BCUT2D eigenvalue weighted by molar-refractivity contribution is 0.244. The van der Waals surface area contributed by atoms with Crippen molar-refractivity contribution in [3.8, 4) is 28.6 Å². The highest BCUT2D eigenvalue weighted by atomic mass is 16.5. The highest BCUT2D eigenvalue weighted by Gasteiger charge is 2.37. The zero-order valence-corrected chi connectivity index (χ0v) is 20.9. The minimum Gasteiger partial charge on any atom is -0.504 e. The summed E-state index contributed by atoms with van der Waals surface area (Å²) in [7, 11) is 3.05. The highest BCUT2D eigenvalue weighted by molar-refractivity contribution is 6.01. The molecule has 0 fully saturated rings. The van der Waals surface area contributed by atoms with Crippen LogP contribution in [0.1, 0.15) is 30.0 Å². The van der Waals surface area contributed by atoms with Crippen molar-refractivity contribution < 1.29 is 23.9 Å². The summed E-state index contributed by atoms with van der Waals surface area (Å²) in [4.78, 5) is 19.6. The molecular formula is C28H26N4O5. The Balaban J connectivity index is 1.67. The van der Waals surface area contributed by atoms with E-state index in [0.717, 1.165) is 11.1 Å². The summed E-state index contributed by atoms with van der Waals surface area (Å²) >= 11 is 0. The molecule has 0 bridgehead atoms. The topological polar surface area (TPSA) is 110 Å². The Morgan fingerprint density at radius 2 is 1.81 bits per heavy atom. The van der Waals surface area contributed by atoms with Crippen molar-refractivity contribution in [1.29, 1.82) is 0 Å². The van der Waals surface area contributed by atoms with Crippen LogP contribution in [-0.4, -0.2) is 35.5 Å². The van der Waals surface area contributed by atoms with Crippen molar-refractivity contribution in [2.45, 2.75) is 19.9 Å². The van der Waals surface area contributed by atoms with E-state index >= 15 is 0 Å². The number of allylic oxidation sites excluding steroid dienone is 1. The number of amides is 2. The number of phenolic OH excluding ortho intramolecular Hbond substituents is 1. The lowest BCUT2D eigenvalue weighted by Crippen LogP contribution is -2.46. The van der Waals surface area contributed by atoms with Gasteiger partial charge in [-0.2, -0.15) is 4.98 Å². The fourth-order valence-corrected chi connectivity index (χ4v) is 4.45. The number of aromatic hydroxyl groups is 1. The molecule has 37 heavy (non-hydrogen) atoms. The van der Waals surface area contributed by atoms with Crippen LogP contribution in [0.3, 0.4) is 0 Å².